The van der Waals surface area contributed by atoms with E-state index in [0.717, 1.165) is 63.4 Å². The van der Waals surface area contributed by atoms with Gasteiger partial charge in [0.2, 0.25) is 0 Å². The molecule has 226 valence electrons. The Labute approximate surface area is 255 Å². The Morgan fingerprint density at radius 1 is 1.02 bits per heavy atom. The number of piperidine rings is 1. The van der Waals surface area contributed by atoms with Crippen molar-refractivity contribution in [2.24, 2.45) is 10.7 Å². The molecule has 4 aliphatic rings. The van der Waals surface area contributed by atoms with Crippen molar-refractivity contribution < 1.29 is 4.74 Å². The van der Waals surface area contributed by atoms with Gasteiger partial charge in [0.05, 0.1) is 23.8 Å². The average Bonchev–Trinajstić information content (AvgIpc) is 3.63. The fourth-order valence-electron chi connectivity index (χ4n) is 8.03. The maximum atomic E-state index is 6.58. The van der Waals surface area contributed by atoms with Gasteiger partial charge in [0, 0.05) is 42.5 Å². The van der Waals surface area contributed by atoms with Crippen molar-refractivity contribution in [3.8, 4) is 6.01 Å². The van der Waals surface area contributed by atoms with Crippen LogP contribution in [0.3, 0.4) is 0 Å². The summed E-state index contributed by atoms with van der Waals surface area (Å²) in [7, 11) is 0. The molecule has 8 nitrogen and oxygen atoms in total. The van der Waals surface area contributed by atoms with Crippen LogP contribution in [0, 0.1) is 0 Å². The molecule has 5 heterocycles. The van der Waals surface area contributed by atoms with E-state index in [-0.39, 0.29) is 11.6 Å². The number of nitrogens with zero attached hydrogens (tertiary/aromatic N) is 6. The van der Waals surface area contributed by atoms with Crippen LogP contribution in [0.5, 0.6) is 6.01 Å². The Morgan fingerprint density at radius 2 is 1.86 bits per heavy atom. The minimum Gasteiger partial charge on any atom is -0.461 e. The summed E-state index contributed by atoms with van der Waals surface area (Å²) in [5.74, 6) is 1.05. The molecule has 8 heteroatoms. The van der Waals surface area contributed by atoms with Crippen molar-refractivity contribution in [2.75, 3.05) is 49.1 Å². The van der Waals surface area contributed by atoms with Crippen LogP contribution < -0.4 is 20.3 Å². The lowest BCUT2D eigenvalue weighted by atomic mass is 9.95. The van der Waals surface area contributed by atoms with Gasteiger partial charge >= 0.3 is 6.01 Å². The molecule has 0 aliphatic carbocycles. The summed E-state index contributed by atoms with van der Waals surface area (Å²) in [6, 6.07) is 14.1. The number of ether oxygens (including phenoxy) is 1. The largest absolute Gasteiger partial charge is 0.461 e. The number of hydrogen-bond acceptors (Lipinski definition) is 8. The van der Waals surface area contributed by atoms with Gasteiger partial charge < -0.3 is 20.3 Å². The number of aromatic nitrogens is 2. The molecule has 2 N–H and O–H groups in total. The number of aryl methyl sites for hydroxylation is 1. The first kappa shape index (κ1) is 28.1. The third-order valence-electron chi connectivity index (χ3n) is 10.2. The molecule has 3 saturated heterocycles. The molecule has 7 rings (SSSR count). The molecule has 4 aliphatic heterocycles. The van der Waals surface area contributed by atoms with Gasteiger partial charge in [0.1, 0.15) is 12.4 Å². The molecule has 0 amide bonds. The molecule has 1 unspecified atom stereocenters. The molecule has 0 radical (unpaired) electrons. The highest BCUT2D eigenvalue weighted by Gasteiger charge is 2.45. The SMILES string of the molecule is CCc1cccc2cccc(N3CCc4c(nc(OCC56CCCN5CCC6)nc4N4CCCC(N=C/C=C\N)C4)C3)c12. The highest BCUT2D eigenvalue weighted by molar-refractivity contribution is 5.97. The van der Waals surface area contributed by atoms with Gasteiger partial charge in [-0.15, -0.1) is 0 Å². The van der Waals surface area contributed by atoms with Gasteiger partial charge in [-0.25, -0.2) is 0 Å². The van der Waals surface area contributed by atoms with Crippen LogP contribution in [-0.2, 0) is 19.4 Å². The number of fused-ring (bicyclic) bond motifs is 3. The molecule has 1 atom stereocenters. The predicted octanol–water partition coefficient (Wildman–Crippen LogP) is 5.27. The molecule has 1 aromatic heterocycles. The van der Waals surface area contributed by atoms with Gasteiger partial charge in [-0.2, -0.15) is 9.97 Å². The van der Waals surface area contributed by atoms with E-state index in [9.17, 15) is 0 Å². The smallest absolute Gasteiger partial charge is 0.318 e. The van der Waals surface area contributed by atoms with Gasteiger partial charge in [0.15, 0.2) is 0 Å². The van der Waals surface area contributed by atoms with E-state index in [0.29, 0.717) is 12.6 Å². The van der Waals surface area contributed by atoms with Crippen molar-refractivity contribution in [1.82, 2.24) is 14.9 Å². The Bertz CT molecular complexity index is 1500. The molecular weight excluding hydrogens is 534 g/mol. The van der Waals surface area contributed by atoms with Crippen LogP contribution in [0.2, 0.25) is 0 Å². The Balaban J connectivity index is 1.22. The maximum Gasteiger partial charge on any atom is 0.318 e. The maximum absolute atomic E-state index is 6.58. The van der Waals surface area contributed by atoms with Crippen molar-refractivity contribution in [2.45, 2.75) is 76.4 Å². The van der Waals surface area contributed by atoms with Crippen LogP contribution in [-0.4, -0.2) is 72.0 Å². The summed E-state index contributed by atoms with van der Waals surface area (Å²) >= 11 is 0. The van der Waals surface area contributed by atoms with Crippen LogP contribution >= 0.6 is 0 Å². The zero-order valence-electron chi connectivity index (χ0n) is 25.5. The molecule has 43 heavy (non-hydrogen) atoms. The lowest BCUT2D eigenvalue weighted by Crippen LogP contribution is -2.44. The predicted molar refractivity (Wildman–Crippen MR) is 175 cm³/mol. The van der Waals surface area contributed by atoms with Crippen LogP contribution in [0.4, 0.5) is 11.5 Å². The highest BCUT2D eigenvalue weighted by atomic mass is 16.5. The van der Waals surface area contributed by atoms with E-state index in [2.05, 4.69) is 58.0 Å². The highest BCUT2D eigenvalue weighted by Crippen LogP contribution is 2.40. The number of nitrogens with two attached hydrogens (primary N) is 1. The standard InChI is InChI=1S/C35H45N7O/c1-2-26-9-3-10-27-11-4-13-31(32(26)27)40-22-14-29-30(24-40)38-34(43-25-35-15-6-20-42(35)21-7-16-35)39-33(29)41-19-5-12-28(23-41)37-18-8-17-36/h3-4,8-11,13,17-18,28H,2,5-7,12,14-16,19-25,36H2,1H3/b17-8-,37-18?. The first-order valence-electron chi connectivity index (χ1n) is 16.4. The summed E-state index contributed by atoms with van der Waals surface area (Å²) in [6.07, 6.45) is 14.2. The molecule has 0 spiro atoms. The second kappa shape index (κ2) is 12.2. The molecular formula is C35H45N7O. The minimum atomic E-state index is 0.159. The van der Waals surface area contributed by atoms with Gasteiger partial charge in [-0.1, -0.05) is 37.3 Å². The number of rotatable bonds is 8. The first-order chi connectivity index (χ1) is 21.2. The summed E-state index contributed by atoms with van der Waals surface area (Å²) in [6.45, 7) is 8.83. The van der Waals surface area contributed by atoms with E-state index in [1.165, 1.54) is 72.6 Å². The molecule has 3 fully saturated rings. The molecule has 0 saturated carbocycles. The molecule has 3 aromatic rings. The fraction of sp³-hybridized carbons (Fsp3) is 0.514. The lowest BCUT2D eigenvalue weighted by molar-refractivity contribution is 0.107. The molecule has 2 aromatic carbocycles. The Hall–Kier alpha value is -3.65. The number of anilines is 2. The van der Waals surface area contributed by atoms with Crippen LogP contribution in [0.1, 0.15) is 62.3 Å². The van der Waals surface area contributed by atoms with Crippen molar-refractivity contribution in [3.05, 3.63) is 65.5 Å². The van der Waals surface area contributed by atoms with E-state index >= 15 is 0 Å². The number of allylic oxidation sites excluding steroid dienone is 1. The Kier molecular flexibility index (Phi) is 7.95. The number of hydrogen-bond donors (Lipinski definition) is 1. The van der Waals surface area contributed by atoms with Crippen LogP contribution in [0.15, 0.2) is 53.7 Å². The normalized spacial score (nSPS) is 22.1. The first-order valence-corrected chi connectivity index (χ1v) is 16.4. The second-order valence-electron chi connectivity index (χ2n) is 12.7. The monoisotopic (exact) mass is 579 g/mol. The summed E-state index contributed by atoms with van der Waals surface area (Å²) in [5, 5.41) is 2.67. The van der Waals surface area contributed by atoms with Crippen molar-refractivity contribution >= 4 is 28.5 Å². The summed E-state index contributed by atoms with van der Waals surface area (Å²) in [5.41, 5.74) is 10.8. The fourth-order valence-corrected chi connectivity index (χ4v) is 8.03. The van der Waals surface area contributed by atoms with Crippen LogP contribution in [0.25, 0.3) is 10.8 Å². The zero-order valence-corrected chi connectivity index (χ0v) is 25.5. The zero-order chi connectivity index (χ0) is 29.2. The quantitative estimate of drug-likeness (QED) is 0.364. The van der Waals surface area contributed by atoms with Crippen molar-refractivity contribution in [3.63, 3.8) is 0 Å². The number of aliphatic imine (C=N–C) groups is 1. The third-order valence-corrected chi connectivity index (χ3v) is 10.2. The number of benzene rings is 2. The van der Waals surface area contributed by atoms with E-state index in [1.807, 2.05) is 6.21 Å². The Morgan fingerprint density at radius 3 is 2.67 bits per heavy atom. The van der Waals surface area contributed by atoms with E-state index in [4.69, 9.17) is 25.4 Å². The second-order valence-corrected chi connectivity index (χ2v) is 12.7. The van der Waals surface area contributed by atoms with Gasteiger partial charge in [0.25, 0.3) is 0 Å². The summed E-state index contributed by atoms with van der Waals surface area (Å²) < 4.78 is 6.58. The average molecular weight is 580 g/mol. The molecule has 0 bridgehead atoms. The lowest BCUT2D eigenvalue weighted by Gasteiger charge is -2.37. The minimum absolute atomic E-state index is 0.159. The van der Waals surface area contributed by atoms with Gasteiger partial charge in [-0.05, 0) is 93.7 Å². The van der Waals surface area contributed by atoms with E-state index in [1.54, 1.807) is 6.08 Å². The van der Waals surface area contributed by atoms with E-state index < -0.39 is 0 Å². The van der Waals surface area contributed by atoms with Crippen molar-refractivity contribution in [1.29, 1.82) is 0 Å². The third kappa shape index (κ3) is 5.46. The topological polar surface area (TPSA) is 83.1 Å². The summed E-state index contributed by atoms with van der Waals surface area (Å²) in [4.78, 5) is 22.7. The van der Waals surface area contributed by atoms with Gasteiger partial charge in [-0.3, -0.25) is 9.89 Å².